The highest BCUT2D eigenvalue weighted by Gasteiger charge is 2.46. The van der Waals surface area contributed by atoms with E-state index in [1.54, 1.807) is 0 Å². The van der Waals surface area contributed by atoms with Crippen molar-refractivity contribution in [3.05, 3.63) is 48.0 Å². The Kier molecular flexibility index (Phi) is 9.32. The lowest BCUT2D eigenvalue weighted by Crippen LogP contribution is -2.41. The molecule has 2 saturated carbocycles. The minimum Gasteiger partial charge on any atom is -0.481 e. The van der Waals surface area contributed by atoms with Crippen LogP contribution in [0, 0.1) is 23.7 Å². The Balaban J connectivity index is 1.34. The number of benzene rings is 1. The lowest BCUT2D eigenvalue weighted by Gasteiger charge is -2.30. The van der Waals surface area contributed by atoms with E-state index in [4.69, 9.17) is 5.11 Å². The number of rotatable bonds is 13. The molecule has 2 bridgehead atoms. The highest BCUT2D eigenvalue weighted by molar-refractivity contribution is 5.84. The fraction of sp³-hybridized carbons (Fsp3) is 0.577. The number of carboxylic acids is 1. The average molecular weight is 441 g/mol. The molecule has 0 radical (unpaired) electrons. The van der Waals surface area contributed by atoms with Gasteiger partial charge in [-0.2, -0.15) is 0 Å². The second kappa shape index (κ2) is 12.4. The molecule has 3 rings (SSSR count). The van der Waals surface area contributed by atoms with E-state index in [0.717, 1.165) is 24.3 Å². The SMILES string of the molecule is O=C(O)CCCC=CC[C@@H]1[C@@H]2CC[C@@H](C2)[C@@H]1CNC(=O)CNC(=O)CCc1ccccc1. The third-order valence-electron chi connectivity index (χ3n) is 7.08. The highest BCUT2D eigenvalue weighted by Crippen LogP contribution is 2.53. The van der Waals surface area contributed by atoms with Gasteiger partial charge in [0.25, 0.3) is 0 Å². The Hall–Kier alpha value is -2.63. The molecule has 6 heteroatoms. The van der Waals surface area contributed by atoms with Crippen LogP contribution in [-0.4, -0.2) is 36.0 Å². The molecule has 6 nitrogen and oxygen atoms in total. The lowest BCUT2D eigenvalue weighted by atomic mass is 9.77. The zero-order valence-electron chi connectivity index (χ0n) is 18.8. The van der Waals surface area contributed by atoms with E-state index in [0.29, 0.717) is 43.6 Å². The molecular weight excluding hydrogens is 404 g/mol. The van der Waals surface area contributed by atoms with Crippen molar-refractivity contribution < 1.29 is 19.5 Å². The first-order valence-corrected chi connectivity index (χ1v) is 12.0. The van der Waals surface area contributed by atoms with E-state index in [1.165, 1.54) is 19.3 Å². The van der Waals surface area contributed by atoms with Crippen LogP contribution in [0.1, 0.15) is 56.9 Å². The minimum absolute atomic E-state index is 0.0303. The highest BCUT2D eigenvalue weighted by atomic mass is 16.4. The largest absolute Gasteiger partial charge is 0.481 e. The van der Waals surface area contributed by atoms with E-state index < -0.39 is 5.97 Å². The van der Waals surface area contributed by atoms with Gasteiger partial charge in [-0.05, 0) is 74.2 Å². The van der Waals surface area contributed by atoms with Gasteiger partial charge in [-0.15, -0.1) is 0 Å². The summed E-state index contributed by atoms with van der Waals surface area (Å²) in [6.07, 6.45) is 11.9. The summed E-state index contributed by atoms with van der Waals surface area (Å²) in [5.41, 5.74) is 1.12. The van der Waals surface area contributed by atoms with Gasteiger partial charge in [0.05, 0.1) is 6.54 Å². The van der Waals surface area contributed by atoms with Crippen molar-refractivity contribution in [3.63, 3.8) is 0 Å². The second-order valence-electron chi connectivity index (χ2n) is 9.22. The summed E-state index contributed by atoms with van der Waals surface area (Å²) in [4.78, 5) is 34.9. The van der Waals surface area contributed by atoms with E-state index in [2.05, 4.69) is 22.8 Å². The molecule has 0 unspecified atom stereocenters. The Morgan fingerprint density at radius 1 is 0.938 bits per heavy atom. The number of carbonyl (C=O) groups excluding carboxylic acids is 2. The maximum atomic E-state index is 12.3. The van der Waals surface area contributed by atoms with Crippen molar-refractivity contribution in [1.29, 1.82) is 0 Å². The number of nitrogens with one attached hydrogen (secondary N) is 2. The van der Waals surface area contributed by atoms with Gasteiger partial charge in [0, 0.05) is 19.4 Å². The molecule has 4 atom stereocenters. The average Bonchev–Trinajstić information content (AvgIpc) is 3.39. The van der Waals surface area contributed by atoms with Crippen molar-refractivity contribution >= 4 is 17.8 Å². The summed E-state index contributed by atoms with van der Waals surface area (Å²) in [6, 6.07) is 9.86. The van der Waals surface area contributed by atoms with Gasteiger partial charge in [0.2, 0.25) is 11.8 Å². The molecule has 0 spiro atoms. The molecule has 1 aromatic rings. The molecule has 0 aliphatic heterocycles. The molecule has 32 heavy (non-hydrogen) atoms. The van der Waals surface area contributed by atoms with E-state index in [1.807, 2.05) is 30.3 Å². The number of aliphatic carboxylic acids is 1. The first-order chi connectivity index (χ1) is 15.5. The number of carbonyl (C=O) groups is 3. The first kappa shape index (κ1) is 24.0. The van der Waals surface area contributed by atoms with Gasteiger partial charge < -0.3 is 15.7 Å². The van der Waals surface area contributed by atoms with Crippen molar-refractivity contribution in [1.82, 2.24) is 10.6 Å². The third kappa shape index (κ3) is 7.50. The van der Waals surface area contributed by atoms with Crippen LogP contribution in [-0.2, 0) is 20.8 Å². The molecule has 0 heterocycles. The molecule has 1 aromatic carbocycles. The topological polar surface area (TPSA) is 95.5 Å². The molecule has 2 fully saturated rings. The number of hydrogen-bond donors (Lipinski definition) is 3. The summed E-state index contributed by atoms with van der Waals surface area (Å²) in [5.74, 6) is 1.54. The number of carboxylic acid groups (broad SMARTS) is 1. The van der Waals surface area contributed by atoms with Crippen LogP contribution in [0.5, 0.6) is 0 Å². The summed E-state index contributed by atoms with van der Waals surface area (Å²) < 4.78 is 0. The fourth-order valence-corrected chi connectivity index (χ4v) is 5.42. The summed E-state index contributed by atoms with van der Waals surface area (Å²) in [6.45, 7) is 0.708. The maximum Gasteiger partial charge on any atom is 0.303 e. The van der Waals surface area contributed by atoms with Gasteiger partial charge in [-0.25, -0.2) is 0 Å². The van der Waals surface area contributed by atoms with Gasteiger partial charge >= 0.3 is 5.97 Å². The van der Waals surface area contributed by atoms with E-state index >= 15 is 0 Å². The Labute approximate surface area is 190 Å². The van der Waals surface area contributed by atoms with Crippen LogP contribution in [0.3, 0.4) is 0 Å². The predicted molar refractivity (Wildman–Crippen MR) is 124 cm³/mol. The molecule has 3 N–H and O–H groups in total. The van der Waals surface area contributed by atoms with Crippen molar-refractivity contribution in [3.8, 4) is 0 Å². The quantitative estimate of drug-likeness (QED) is 0.322. The van der Waals surface area contributed by atoms with Crippen molar-refractivity contribution in [2.24, 2.45) is 23.7 Å². The molecular formula is C26H36N2O4. The predicted octanol–water partition coefficient (Wildman–Crippen LogP) is 3.72. The standard InChI is InChI=1S/C26H36N2O4/c29-24(15-12-19-8-4-3-5-9-19)28-18-25(30)27-17-23-21-14-13-20(16-21)22(23)10-6-1-2-7-11-26(31)32/h1,3-6,8-9,20-23H,2,7,10-18H2,(H,27,30)(H,28,29)(H,31,32)/t20-,21+,22-,23+/m1/s1. The zero-order valence-corrected chi connectivity index (χ0v) is 18.8. The van der Waals surface area contributed by atoms with Crippen molar-refractivity contribution in [2.75, 3.05) is 13.1 Å². The number of amides is 2. The van der Waals surface area contributed by atoms with Crippen LogP contribution < -0.4 is 10.6 Å². The fourth-order valence-electron chi connectivity index (χ4n) is 5.42. The smallest absolute Gasteiger partial charge is 0.303 e. The van der Waals surface area contributed by atoms with Crippen molar-refractivity contribution in [2.45, 2.75) is 57.8 Å². The van der Waals surface area contributed by atoms with Gasteiger partial charge in [-0.3, -0.25) is 14.4 Å². The zero-order chi connectivity index (χ0) is 22.8. The summed E-state index contributed by atoms with van der Waals surface area (Å²) in [7, 11) is 0. The van der Waals surface area contributed by atoms with Crippen LogP contribution in [0.25, 0.3) is 0 Å². The van der Waals surface area contributed by atoms with Crippen LogP contribution in [0.4, 0.5) is 0 Å². The van der Waals surface area contributed by atoms with Gasteiger partial charge in [0.1, 0.15) is 0 Å². The monoisotopic (exact) mass is 440 g/mol. The van der Waals surface area contributed by atoms with Crippen LogP contribution in [0.2, 0.25) is 0 Å². The molecule has 0 aromatic heterocycles. The Bertz CT molecular complexity index is 792. The lowest BCUT2D eigenvalue weighted by molar-refractivity contribution is -0.137. The van der Waals surface area contributed by atoms with E-state index in [9.17, 15) is 14.4 Å². The number of aryl methyl sites for hydroxylation is 1. The molecule has 0 saturated heterocycles. The summed E-state index contributed by atoms with van der Waals surface area (Å²) in [5, 5.41) is 14.5. The number of unbranched alkanes of at least 4 members (excludes halogenated alkanes) is 1. The minimum atomic E-state index is -0.741. The second-order valence-corrected chi connectivity index (χ2v) is 9.22. The van der Waals surface area contributed by atoms with Crippen LogP contribution in [0.15, 0.2) is 42.5 Å². The maximum absolute atomic E-state index is 12.3. The van der Waals surface area contributed by atoms with Gasteiger partial charge in [-0.1, -0.05) is 42.5 Å². The van der Waals surface area contributed by atoms with Crippen LogP contribution >= 0.6 is 0 Å². The third-order valence-corrected chi connectivity index (χ3v) is 7.08. The van der Waals surface area contributed by atoms with E-state index in [-0.39, 0.29) is 24.8 Å². The van der Waals surface area contributed by atoms with Gasteiger partial charge in [0.15, 0.2) is 0 Å². The molecule has 2 aliphatic carbocycles. The first-order valence-electron chi connectivity index (χ1n) is 12.0. The Morgan fingerprint density at radius 2 is 1.69 bits per heavy atom. The molecule has 2 amide bonds. The molecule has 2 aliphatic rings. The number of fused-ring (bicyclic) bond motifs is 2. The summed E-state index contributed by atoms with van der Waals surface area (Å²) >= 11 is 0. The normalized spacial score (nSPS) is 24.0. The number of hydrogen-bond acceptors (Lipinski definition) is 3. The Morgan fingerprint density at radius 3 is 2.44 bits per heavy atom. The molecule has 174 valence electrons. The number of allylic oxidation sites excluding steroid dienone is 2.